The highest BCUT2D eigenvalue weighted by Crippen LogP contribution is 2.28. The maximum Gasteiger partial charge on any atom is 0.316 e. The molecular weight excluding hydrogens is 286 g/mol. The number of esters is 1. The highest BCUT2D eigenvalue weighted by Gasteiger charge is 2.18. The van der Waals surface area contributed by atoms with Gasteiger partial charge in [-0.25, -0.2) is 4.98 Å². The summed E-state index contributed by atoms with van der Waals surface area (Å²) in [7, 11) is 1.39. The molecular formula is C15H23N3O2S. The predicted octanol–water partition coefficient (Wildman–Crippen LogP) is 2.98. The fourth-order valence-corrected chi connectivity index (χ4v) is 3.37. The van der Waals surface area contributed by atoms with Crippen LogP contribution < -0.4 is 5.32 Å². The molecule has 0 aromatic carbocycles. The Morgan fingerprint density at radius 1 is 1.48 bits per heavy atom. The first kappa shape index (κ1) is 16.1. The van der Waals surface area contributed by atoms with Crippen molar-refractivity contribution in [3.8, 4) is 0 Å². The molecule has 6 heteroatoms. The standard InChI is InChI=1S/C15H23N3O2S/c1-11-4-3-5-12(6-11)7-17-13-8-16-9-14(18-13)21-10-15(19)20-2/h8-9,11-12H,3-7,10H2,1-2H3,(H,17,18). The lowest BCUT2D eigenvalue weighted by Gasteiger charge is -2.26. The van der Waals surface area contributed by atoms with Crippen molar-refractivity contribution in [2.24, 2.45) is 11.8 Å². The molecule has 0 amide bonds. The smallest absolute Gasteiger partial charge is 0.316 e. The molecule has 2 rings (SSSR count). The van der Waals surface area contributed by atoms with Gasteiger partial charge in [-0.3, -0.25) is 9.78 Å². The minimum atomic E-state index is -0.253. The quantitative estimate of drug-likeness (QED) is 0.644. The molecule has 1 fully saturated rings. The minimum Gasteiger partial charge on any atom is -0.468 e. The van der Waals surface area contributed by atoms with Gasteiger partial charge in [0.1, 0.15) is 10.8 Å². The average molecular weight is 309 g/mol. The van der Waals surface area contributed by atoms with Crippen molar-refractivity contribution in [1.29, 1.82) is 0 Å². The summed E-state index contributed by atoms with van der Waals surface area (Å²) in [5.74, 6) is 2.34. The van der Waals surface area contributed by atoms with Crippen LogP contribution in [0.2, 0.25) is 0 Å². The average Bonchev–Trinajstić information content (AvgIpc) is 2.51. The van der Waals surface area contributed by atoms with E-state index in [0.717, 1.165) is 29.2 Å². The van der Waals surface area contributed by atoms with Gasteiger partial charge in [-0.15, -0.1) is 0 Å². The second-order valence-corrected chi connectivity index (χ2v) is 6.62. The van der Waals surface area contributed by atoms with Gasteiger partial charge in [0.15, 0.2) is 0 Å². The molecule has 1 aliphatic carbocycles. The first-order chi connectivity index (χ1) is 10.2. The highest BCUT2D eigenvalue weighted by atomic mass is 32.2. The molecule has 1 saturated carbocycles. The Balaban J connectivity index is 1.81. The van der Waals surface area contributed by atoms with Gasteiger partial charge in [0, 0.05) is 6.54 Å². The number of aromatic nitrogens is 2. The van der Waals surface area contributed by atoms with Gasteiger partial charge in [-0.05, 0) is 24.7 Å². The third kappa shape index (κ3) is 5.53. The number of rotatable bonds is 6. The maximum atomic E-state index is 11.1. The van der Waals surface area contributed by atoms with E-state index in [9.17, 15) is 4.79 Å². The number of anilines is 1. The Kier molecular flexibility index (Phi) is 6.29. The highest BCUT2D eigenvalue weighted by molar-refractivity contribution is 7.99. The van der Waals surface area contributed by atoms with Crippen molar-refractivity contribution < 1.29 is 9.53 Å². The summed E-state index contributed by atoms with van der Waals surface area (Å²) in [6.45, 7) is 3.28. The van der Waals surface area contributed by atoms with Crippen LogP contribution in [-0.4, -0.2) is 35.3 Å². The van der Waals surface area contributed by atoms with E-state index < -0.39 is 0 Å². The zero-order valence-corrected chi connectivity index (χ0v) is 13.5. The fraction of sp³-hybridized carbons (Fsp3) is 0.667. The number of hydrogen-bond acceptors (Lipinski definition) is 6. The van der Waals surface area contributed by atoms with Crippen LogP contribution in [0.1, 0.15) is 32.6 Å². The van der Waals surface area contributed by atoms with Crippen LogP contribution in [0.15, 0.2) is 17.4 Å². The van der Waals surface area contributed by atoms with Crippen LogP contribution in [-0.2, 0) is 9.53 Å². The normalized spacial score (nSPS) is 21.8. The SMILES string of the molecule is COC(=O)CSc1cncc(NCC2CCCC(C)C2)n1. The maximum absolute atomic E-state index is 11.1. The van der Waals surface area contributed by atoms with Crippen molar-refractivity contribution in [3.63, 3.8) is 0 Å². The van der Waals surface area contributed by atoms with Crippen LogP contribution in [0.4, 0.5) is 5.82 Å². The number of thioether (sulfide) groups is 1. The van der Waals surface area contributed by atoms with Gasteiger partial charge >= 0.3 is 5.97 Å². The third-order valence-electron chi connectivity index (χ3n) is 3.79. The van der Waals surface area contributed by atoms with Crippen LogP contribution in [0.3, 0.4) is 0 Å². The number of carbonyl (C=O) groups excluding carboxylic acids is 1. The van der Waals surface area contributed by atoms with Crippen LogP contribution >= 0.6 is 11.8 Å². The lowest BCUT2D eigenvalue weighted by atomic mass is 9.82. The number of nitrogens with zero attached hydrogens (tertiary/aromatic N) is 2. The van der Waals surface area contributed by atoms with E-state index in [2.05, 4.69) is 26.9 Å². The number of methoxy groups -OCH3 is 1. The van der Waals surface area contributed by atoms with E-state index in [1.54, 1.807) is 12.4 Å². The number of carbonyl (C=O) groups is 1. The summed E-state index contributed by atoms with van der Waals surface area (Å²) in [5, 5.41) is 4.11. The molecule has 1 N–H and O–H groups in total. The molecule has 2 atom stereocenters. The van der Waals surface area contributed by atoms with Crippen molar-refractivity contribution in [2.75, 3.05) is 24.7 Å². The lowest BCUT2D eigenvalue weighted by Crippen LogP contribution is -2.21. The van der Waals surface area contributed by atoms with E-state index in [-0.39, 0.29) is 11.7 Å². The Labute approximate surface area is 130 Å². The molecule has 1 heterocycles. The molecule has 0 aliphatic heterocycles. The second kappa shape index (κ2) is 8.22. The molecule has 116 valence electrons. The summed E-state index contributed by atoms with van der Waals surface area (Å²) < 4.78 is 4.62. The number of ether oxygens (including phenoxy) is 1. The van der Waals surface area contributed by atoms with Crippen molar-refractivity contribution in [3.05, 3.63) is 12.4 Å². The van der Waals surface area contributed by atoms with Crippen LogP contribution in [0, 0.1) is 11.8 Å². The first-order valence-corrected chi connectivity index (χ1v) is 8.41. The van der Waals surface area contributed by atoms with Crippen molar-refractivity contribution >= 4 is 23.5 Å². The van der Waals surface area contributed by atoms with E-state index in [1.165, 1.54) is 44.6 Å². The van der Waals surface area contributed by atoms with E-state index in [4.69, 9.17) is 0 Å². The Morgan fingerprint density at radius 3 is 3.10 bits per heavy atom. The van der Waals surface area contributed by atoms with Gasteiger partial charge < -0.3 is 10.1 Å². The van der Waals surface area contributed by atoms with Gasteiger partial charge in [0.05, 0.1) is 25.3 Å². The zero-order valence-electron chi connectivity index (χ0n) is 12.7. The number of hydrogen-bond donors (Lipinski definition) is 1. The molecule has 1 aliphatic rings. The molecule has 2 unspecified atom stereocenters. The summed E-state index contributed by atoms with van der Waals surface area (Å²) in [4.78, 5) is 19.8. The molecule has 5 nitrogen and oxygen atoms in total. The third-order valence-corrected chi connectivity index (χ3v) is 4.67. The van der Waals surface area contributed by atoms with Crippen LogP contribution in [0.25, 0.3) is 0 Å². The predicted molar refractivity (Wildman–Crippen MR) is 84.4 cm³/mol. The first-order valence-electron chi connectivity index (χ1n) is 7.43. The van der Waals surface area contributed by atoms with E-state index in [0.29, 0.717) is 0 Å². The minimum absolute atomic E-state index is 0.253. The van der Waals surface area contributed by atoms with Crippen molar-refractivity contribution in [1.82, 2.24) is 9.97 Å². The fourth-order valence-electron chi connectivity index (χ4n) is 2.69. The van der Waals surface area contributed by atoms with Crippen LogP contribution in [0.5, 0.6) is 0 Å². The topological polar surface area (TPSA) is 64.1 Å². The largest absolute Gasteiger partial charge is 0.468 e. The zero-order chi connectivity index (χ0) is 15.1. The summed E-state index contributed by atoms with van der Waals surface area (Å²) in [5.41, 5.74) is 0. The molecule has 21 heavy (non-hydrogen) atoms. The van der Waals surface area contributed by atoms with Gasteiger partial charge in [0.2, 0.25) is 0 Å². The lowest BCUT2D eigenvalue weighted by molar-refractivity contribution is -0.137. The van der Waals surface area contributed by atoms with Gasteiger partial charge in [-0.1, -0.05) is 31.5 Å². The number of nitrogens with one attached hydrogen (secondary N) is 1. The van der Waals surface area contributed by atoms with E-state index in [1.807, 2.05) is 0 Å². The van der Waals surface area contributed by atoms with Crippen molar-refractivity contribution in [2.45, 2.75) is 37.6 Å². The Morgan fingerprint density at radius 2 is 2.33 bits per heavy atom. The second-order valence-electron chi connectivity index (χ2n) is 5.63. The molecule has 0 spiro atoms. The molecule has 0 bridgehead atoms. The summed E-state index contributed by atoms with van der Waals surface area (Å²) in [6.07, 6.45) is 8.67. The summed E-state index contributed by atoms with van der Waals surface area (Å²) in [6, 6.07) is 0. The van der Waals surface area contributed by atoms with Gasteiger partial charge in [0.25, 0.3) is 0 Å². The molecule has 1 aromatic heterocycles. The molecule has 0 radical (unpaired) electrons. The molecule has 1 aromatic rings. The molecule has 0 saturated heterocycles. The summed E-state index contributed by atoms with van der Waals surface area (Å²) >= 11 is 1.34. The Bertz CT molecular complexity index is 470. The Hall–Kier alpha value is -1.30. The monoisotopic (exact) mass is 309 g/mol. The van der Waals surface area contributed by atoms with Gasteiger partial charge in [-0.2, -0.15) is 0 Å². The van der Waals surface area contributed by atoms with E-state index >= 15 is 0 Å².